The monoisotopic (exact) mass is 288 g/mol. The molecule has 0 radical (unpaired) electrons. The SMILES string of the molecule is COC(=O)c1ccc(Oc2ccc(OC)cc2OC)cc1. The van der Waals surface area contributed by atoms with Crippen LogP contribution in [0.4, 0.5) is 0 Å². The summed E-state index contributed by atoms with van der Waals surface area (Å²) in [5, 5.41) is 0. The molecule has 0 saturated heterocycles. The Morgan fingerprint density at radius 1 is 0.810 bits per heavy atom. The topological polar surface area (TPSA) is 54.0 Å². The van der Waals surface area contributed by atoms with Crippen LogP contribution in [0.3, 0.4) is 0 Å². The summed E-state index contributed by atoms with van der Waals surface area (Å²) in [4.78, 5) is 11.4. The number of rotatable bonds is 5. The van der Waals surface area contributed by atoms with Crippen molar-refractivity contribution in [3.8, 4) is 23.0 Å². The zero-order valence-electron chi connectivity index (χ0n) is 12.1. The van der Waals surface area contributed by atoms with Crippen molar-refractivity contribution < 1.29 is 23.7 Å². The maximum atomic E-state index is 11.4. The van der Waals surface area contributed by atoms with Gasteiger partial charge in [-0.15, -0.1) is 0 Å². The van der Waals surface area contributed by atoms with Crippen LogP contribution in [-0.4, -0.2) is 27.3 Å². The van der Waals surface area contributed by atoms with Gasteiger partial charge in [-0.3, -0.25) is 0 Å². The van der Waals surface area contributed by atoms with Crippen molar-refractivity contribution in [3.05, 3.63) is 48.0 Å². The molecule has 0 fully saturated rings. The highest BCUT2D eigenvalue weighted by Crippen LogP contribution is 2.34. The minimum atomic E-state index is -0.386. The molecule has 2 aromatic carbocycles. The molecule has 0 bridgehead atoms. The largest absolute Gasteiger partial charge is 0.497 e. The van der Waals surface area contributed by atoms with E-state index < -0.39 is 0 Å². The Morgan fingerprint density at radius 2 is 1.48 bits per heavy atom. The number of hydrogen-bond donors (Lipinski definition) is 0. The van der Waals surface area contributed by atoms with E-state index in [0.717, 1.165) is 0 Å². The lowest BCUT2D eigenvalue weighted by atomic mass is 10.2. The lowest BCUT2D eigenvalue weighted by molar-refractivity contribution is 0.0600. The fourth-order valence-corrected chi connectivity index (χ4v) is 1.76. The lowest BCUT2D eigenvalue weighted by Gasteiger charge is -2.11. The van der Waals surface area contributed by atoms with Crippen molar-refractivity contribution in [2.45, 2.75) is 0 Å². The number of hydrogen-bond acceptors (Lipinski definition) is 5. The first kappa shape index (κ1) is 14.7. The molecule has 0 saturated carbocycles. The van der Waals surface area contributed by atoms with Crippen LogP contribution in [0, 0.1) is 0 Å². The summed E-state index contributed by atoms with van der Waals surface area (Å²) in [6, 6.07) is 11.9. The summed E-state index contributed by atoms with van der Waals surface area (Å²) in [7, 11) is 4.48. The van der Waals surface area contributed by atoms with E-state index in [-0.39, 0.29) is 5.97 Å². The van der Waals surface area contributed by atoms with Crippen LogP contribution in [0.2, 0.25) is 0 Å². The Labute approximate surface area is 123 Å². The standard InChI is InChI=1S/C16H16O5/c1-18-13-8-9-14(15(10-13)19-2)21-12-6-4-11(5-7-12)16(17)20-3/h4-10H,1-3H3. The molecule has 0 spiro atoms. The van der Waals surface area contributed by atoms with E-state index in [0.29, 0.717) is 28.6 Å². The Hall–Kier alpha value is -2.69. The quantitative estimate of drug-likeness (QED) is 0.790. The molecule has 0 aliphatic carbocycles. The van der Waals surface area contributed by atoms with Gasteiger partial charge in [0.25, 0.3) is 0 Å². The summed E-state index contributed by atoms with van der Waals surface area (Å²) >= 11 is 0. The first-order valence-electron chi connectivity index (χ1n) is 6.26. The van der Waals surface area contributed by atoms with Gasteiger partial charge >= 0.3 is 5.97 Å². The van der Waals surface area contributed by atoms with E-state index in [1.165, 1.54) is 7.11 Å². The molecular formula is C16H16O5. The van der Waals surface area contributed by atoms with Crippen LogP contribution in [0.1, 0.15) is 10.4 Å². The van der Waals surface area contributed by atoms with Crippen LogP contribution in [0.25, 0.3) is 0 Å². The number of carbonyl (C=O) groups is 1. The van der Waals surface area contributed by atoms with Gasteiger partial charge in [-0.05, 0) is 36.4 Å². The highest BCUT2D eigenvalue weighted by atomic mass is 16.5. The first-order chi connectivity index (χ1) is 10.2. The molecule has 5 nitrogen and oxygen atoms in total. The molecule has 2 aromatic rings. The fraction of sp³-hybridized carbons (Fsp3) is 0.188. The maximum absolute atomic E-state index is 11.4. The highest BCUT2D eigenvalue weighted by molar-refractivity contribution is 5.89. The summed E-state index contributed by atoms with van der Waals surface area (Å²) in [5.41, 5.74) is 0.464. The zero-order valence-corrected chi connectivity index (χ0v) is 12.1. The molecule has 0 N–H and O–H groups in total. The molecule has 0 atom stereocenters. The van der Waals surface area contributed by atoms with Crippen LogP contribution < -0.4 is 14.2 Å². The molecule has 0 unspecified atom stereocenters. The summed E-state index contributed by atoms with van der Waals surface area (Å²) in [5.74, 6) is 2.01. The Balaban J connectivity index is 2.20. The summed E-state index contributed by atoms with van der Waals surface area (Å²) < 4.78 is 20.8. The van der Waals surface area contributed by atoms with Gasteiger partial charge in [0.15, 0.2) is 11.5 Å². The van der Waals surface area contributed by atoms with E-state index in [4.69, 9.17) is 14.2 Å². The van der Waals surface area contributed by atoms with Crippen molar-refractivity contribution in [1.82, 2.24) is 0 Å². The second-order valence-electron chi connectivity index (χ2n) is 4.13. The van der Waals surface area contributed by atoms with Gasteiger partial charge < -0.3 is 18.9 Å². The van der Waals surface area contributed by atoms with E-state index in [1.807, 2.05) is 0 Å². The normalized spacial score (nSPS) is 9.86. The molecule has 0 amide bonds. The second kappa shape index (κ2) is 6.65. The van der Waals surface area contributed by atoms with Crippen molar-refractivity contribution in [2.24, 2.45) is 0 Å². The second-order valence-corrected chi connectivity index (χ2v) is 4.13. The van der Waals surface area contributed by atoms with Gasteiger partial charge in [0.1, 0.15) is 11.5 Å². The van der Waals surface area contributed by atoms with Gasteiger partial charge in [0, 0.05) is 6.07 Å². The fourth-order valence-electron chi connectivity index (χ4n) is 1.76. The average Bonchev–Trinajstić information content (AvgIpc) is 2.55. The number of methoxy groups -OCH3 is 3. The van der Waals surface area contributed by atoms with Crippen molar-refractivity contribution in [3.63, 3.8) is 0 Å². The molecule has 110 valence electrons. The Bertz CT molecular complexity index is 619. The van der Waals surface area contributed by atoms with Crippen LogP contribution in [-0.2, 0) is 4.74 Å². The predicted octanol–water partition coefficient (Wildman–Crippen LogP) is 3.28. The van der Waals surface area contributed by atoms with Crippen molar-refractivity contribution >= 4 is 5.97 Å². The summed E-state index contributed by atoms with van der Waals surface area (Å²) in [6.07, 6.45) is 0. The minimum Gasteiger partial charge on any atom is -0.497 e. The van der Waals surface area contributed by atoms with E-state index in [9.17, 15) is 4.79 Å². The molecule has 21 heavy (non-hydrogen) atoms. The highest BCUT2D eigenvalue weighted by Gasteiger charge is 2.09. The van der Waals surface area contributed by atoms with Gasteiger partial charge in [-0.2, -0.15) is 0 Å². The number of benzene rings is 2. The molecule has 0 aliphatic rings. The molecular weight excluding hydrogens is 272 g/mol. The Morgan fingerprint density at radius 3 is 2.05 bits per heavy atom. The number of ether oxygens (including phenoxy) is 4. The molecule has 0 aliphatic heterocycles. The molecule has 2 rings (SSSR count). The maximum Gasteiger partial charge on any atom is 0.337 e. The molecule has 0 aromatic heterocycles. The summed E-state index contributed by atoms with van der Waals surface area (Å²) in [6.45, 7) is 0. The third-order valence-corrected chi connectivity index (χ3v) is 2.87. The zero-order chi connectivity index (χ0) is 15.2. The Kier molecular flexibility index (Phi) is 4.66. The van der Waals surface area contributed by atoms with Crippen LogP contribution in [0.5, 0.6) is 23.0 Å². The van der Waals surface area contributed by atoms with Crippen LogP contribution >= 0.6 is 0 Å². The van der Waals surface area contributed by atoms with Gasteiger partial charge in [0.2, 0.25) is 0 Å². The van der Waals surface area contributed by atoms with E-state index in [1.54, 1.807) is 56.7 Å². The molecule has 0 heterocycles. The van der Waals surface area contributed by atoms with Gasteiger partial charge in [-0.1, -0.05) is 0 Å². The number of esters is 1. The first-order valence-corrected chi connectivity index (χ1v) is 6.26. The van der Waals surface area contributed by atoms with E-state index >= 15 is 0 Å². The third kappa shape index (κ3) is 3.45. The van der Waals surface area contributed by atoms with Crippen molar-refractivity contribution in [2.75, 3.05) is 21.3 Å². The number of carbonyl (C=O) groups excluding carboxylic acids is 1. The van der Waals surface area contributed by atoms with Gasteiger partial charge in [-0.25, -0.2) is 4.79 Å². The van der Waals surface area contributed by atoms with Crippen molar-refractivity contribution in [1.29, 1.82) is 0 Å². The smallest absolute Gasteiger partial charge is 0.337 e. The van der Waals surface area contributed by atoms with Gasteiger partial charge in [0.05, 0.1) is 26.9 Å². The minimum absolute atomic E-state index is 0.386. The van der Waals surface area contributed by atoms with E-state index in [2.05, 4.69) is 4.74 Å². The predicted molar refractivity (Wildman–Crippen MR) is 77.4 cm³/mol. The molecule has 5 heteroatoms. The van der Waals surface area contributed by atoms with Crippen LogP contribution in [0.15, 0.2) is 42.5 Å². The average molecular weight is 288 g/mol. The lowest BCUT2D eigenvalue weighted by Crippen LogP contribution is -2.00. The third-order valence-electron chi connectivity index (χ3n) is 2.87.